The van der Waals surface area contributed by atoms with E-state index < -0.39 is 5.97 Å². The van der Waals surface area contributed by atoms with Crippen LogP contribution in [0.25, 0.3) is 0 Å². The maximum Gasteiger partial charge on any atom is 0.336 e. The first kappa shape index (κ1) is 12.6. The first-order chi connectivity index (χ1) is 8.59. The number of carbonyl (C=O) groups is 1. The molecular weight excluding hydrogens is 294 g/mol. The average Bonchev–Trinajstić information content (AvgIpc) is 2.38. The number of rotatable bonds is 3. The zero-order valence-electron chi connectivity index (χ0n) is 9.80. The van der Waals surface area contributed by atoms with E-state index in [2.05, 4.69) is 15.9 Å². The minimum Gasteiger partial charge on any atom is -0.478 e. The number of carboxylic acid groups (broad SMARTS) is 1. The van der Waals surface area contributed by atoms with Crippen LogP contribution in [0, 0.1) is 0 Å². The Balaban J connectivity index is 2.35. The maximum absolute atomic E-state index is 10.9. The van der Waals surface area contributed by atoms with Gasteiger partial charge in [-0.3, -0.25) is 0 Å². The van der Waals surface area contributed by atoms with E-state index in [9.17, 15) is 4.79 Å². The molecule has 4 heteroatoms. The van der Waals surface area contributed by atoms with Crippen LogP contribution in [-0.4, -0.2) is 18.1 Å². The lowest BCUT2D eigenvalue weighted by atomic mass is 10.2. The second kappa shape index (κ2) is 5.23. The minimum absolute atomic E-state index is 0.264. The lowest BCUT2D eigenvalue weighted by Crippen LogP contribution is -2.09. The van der Waals surface area contributed by atoms with E-state index in [1.54, 1.807) is 18.2 Å². The van der Waals surface area contributed by atoms with Crippen molar-refractivity contribution in [3.05, 3.63) is 58.6 Å². The third-order valence-electron chi connectivity index (χ3n) is 2.71. The molecule has 2 aromatic rings. The molecule has 0 saturated carbocycles. The van der Waals surface area contributed by atoms with Gasteiger partial charge < -0.3 is 10.0 Å². The van der Waals surface area contributed by atoms with E-state index in [0.717, 1.165) is 11.4 Å². The van der Waals surface area contributed by atoms with Gasteiger partial charge in [0.2, 0.25) is 0 Å². The van der Waals surface area contributed by atoms with E-state index in [4.69, 9.17) is 5.11 Å². The van der Waals surface area contributed by atoms with Gasteiger partial charge in [-0.05, 0) is 46.3 Å². The fraction of sp³-hybridized carbons (Fsp3) is 0.0714. The fourth-order valence-electron chi connectivity index (χ4n) is 1.69. The summed E-state index contributed by atoms with van der Waals surface area (Å²) in [5, 5.41) is 8.97. The summed E-state index contributed by atoms with van der Waals surface area (Å²) in [7, 11) is 1.94. The molecule has 0 aliphatic carbocycles. The third kappa shape index (κ3) is 2.54. The van der Waals surface area contributed by atoms with Gasteiger partial charge in [-0.2, -0.15) is 0 Å². The average molecular weight is 306 g/mol. The lowest BCUT2D eigenvalue weighted by molar-refractivity contribution is 0.0696. The van der Waals surface area contributed by atoms with Gasteiger partial charge in [0.15, 0.2) is 0 Å². The predicted molar refractivity (Wildman–Crippen MR) is 75.6 cm³/mol. The number of halogens is 1. The molecule has 0 bridgehead atoms. The van der Waals surface area contributed by atoms with E-state index >= 15 is 0 Å². The van der Waals surface area contributed by atoms with Crippen LogP contribution in [0.15, 0.2) is 53.0 Å². The van der Waals surface area contributed by atoms with Gasteiger partial charge in [0.05, 0.1) is 5.56 Å². The van der Waals surface area contributed by atoms with Crippen molar-refractivity contribution < 1.29 is 9.90 Å². The summed E-state index contributed by atoms with van der Waals surface area (Å²) < 4.78 is 0.579. The van der Waals surface area contributed by atoms with E-state index in [1.165, 1.54) is 0 Å². The second-order valence-corrected chi connectivity index (χ2v) is 4.72. The van der Waals surface area contributed by atoms with Gasteiger partial charge in [-0.25, -0.2) is 4.79 Å². The molecule has 2 aromatic carbocycles. The molecule has 2 rings (SSSR count). The van der Waals surface area contributed by atoms with Gasteiger partial charge in [-0.1, -0.05) is 18.2 Å². The molecule has 0 radical (unpaired) electrons. The Labute approximate surface area is 114 Å². The topological polar surface area (TPSA) is 40.5 Å². The normalized spacial score (nSPS) is 10.1. The smallest absolute Gasteiger partial charge is 0.336 e. The Morgan fingerprint density at radius 2 is 1.78 bits per heavy atom. The summed E-state index contributed by atoms with van der Waals surface area (Å²) in [5.41, 5.74) is 2.24. The molecule has 0 aromatic heterocycles. The van der Waals surface area contributed by atoms with Crippen LogP contribution in [0.1, 0.15) is 10.4 Å². The number of carboxylic acids is 1. The van der Waals surface area contributed by atoms with Crippen molar-refractivity contribution in [3.63, 3.8) is 0 Å². The van der Waals surface area contributed by atoms with Crippen molar-refractivity contribution in [2.75, 3.05) is 11.9 Å². The monoisotopic (exact) mass is 305 g/mol. The zero-order chi connectivity index (χ0) is 13.1. The van der Waals surface area contributed by atoms with Gasteiger partial charge in [0, 0.05) is 22.9 Å². The second-order valence-electron chi connectivity index (χ2n) is 3.86. The summed E-state index contributed by atoms with van der Waals surface area (Å²) in [5.74, 6) is -0.934. The third-order valence-corrected chi connectivity index (χ3v) is 3.37. The highest BCUT2D eigenvalue weighted by molar-refractivity contribution is 9.10. The molecular formula is C14H12BrNO2. The van der Waals surface area contributed by atoms with Crippen LogP contribution in [0.5, 0.6) is 0 Å². The SMILES string of the molecule is CN(c1ccccc1)c1ccc(C(=O)O)c(Br)c1. The lowest BCUT2D eigenvalue weighted by Gasteiger charge is -2.20. The molecule has 0 heterocycles. The van der Waals surface area contributed by atoms with Crippen LogP contribution in [-0.2, 0) is 0 Å². The van der Waals surface area contributed by atoms with Crippen molar-refractivity contribution in [3.8, 4) is 0 Å². The summed E-state index contributed by atoms with van der Waals surface area (Å²) in [6, 6.07) is 15.1. The minimum atomic E-state index is -0.934. The molecule has 0 aliphatic rings. The number of hydrogen-bond donors (Lipinski definition) is 1. The van der Waals surface area contributed by atoms with Crippen LogP contribution < -0.4 is 4.90 Å². The molecule has 1 N–H and O–H groups in total. The Kier molecular flexibility index (Phi) is 3.67. The molecule has 0 atom stereocenters. The number of aromatic carboxylic acids is 1. The van der Waals surface area contributed by atoms with Crippen LogP contribution >= 0.6 is 15.9 Å². The molecule has 18 heavy (non-hydrogen) atoms. The van der Waals surface area contributed by atoms with Gasteiger partial charge in [-0.15, -0.1) is 0 Å². The van der Waals surface area contributed by atoms with Crippen LogP contribution in [0.4, 0.5) is 11.4 Å². The molecule has 0 unspecified atom stereocenters. The van der Waals surface area contributed by atoms with Crippen molar-refractivity contribution in [2.45, 2.75) is 0 Å². The summed E-state index contributed by atoms with van der Waals surface area (Å²) in [4.78, 5) is 12.9. The highest BCUT2D eigenvalue weighted by Gasteiger charge is 2.10. The number of hydrogen-bond acceptors (Lipinski definition) is 2. The molecule has 92 valence electrons. The maximum atomic E-state index is 10.9. The van der Waals surface area contributed by atoms with Crippen molar-refractivity contribution in [1.82, 2.24) is 0 Å². The van der Waals surface area contributed by atoms with E-state index in [0.29, 0.717) is 4.47 Å². The Bertz CT molecular complexity index is 569. The highest BCUT2D eigenvalue weighted by Crippen LogP contribution is 2.28. The first-order valence-corrected chi connectivity index (χ1v) is 6.20. The molecule has 0 saturated heterocycles. The van der Waals surface area contributed by atoms with E-state index in [-0.39, 0.29) is 5.56 Å². The zero-order valence-corrected chi connectivity index (χ0v) is 11.4. The summed E-state index contributed by atoms with van der Waals surface area (Å²) in [6.45, 7) is 0. The van der Waals surface area contributed by atoms with Crippen molar-refractivity contribution in [2.24, 2.45) is 0 Å². The predicted octanol–water partition coefficient (Wildman–Crippen LogP) is 3.92. The highest BCUT2D eigenvalue weighted by atomic mass is 79.9. The molecule has 3 nitrogen and oxygen atoms in total. The number of anilines is 2. The largest absolute Gasteiger partial charge is 0.478 e. The quantitative estimate of drug-likeness (QED) is 0.934. The van der Waals surface area contributed by atoms with Gasteiger partial charge in [0.25, 0.3) is 0 Å². The van der Waals surface area contributed by atoms with Crippen LogP contribution in [0.3, 0.4) is 0 Å². The molecule has 0 aliphatic heterocycles. The van der Waals surface area contributed by atoms with Crippen molar-refractivity contribution >= 4 is 33.3 Å². The number of para-hydroxylation sites is 1. The van der Waals surface area contributed by atoms with Crippen LogP contribution in [0.2, 0.25) is 0 Å². The Morgan fingerprint density at radius 3 is 2.33 bits per heavy atom. The Hall–Kier alpha value is -1.81. The van der Waals surface area contributed by atoms with Gasteiger partial charge in [0.1, 0.15) is 0 Å². The summed E-state index contributed by atoms with van der Waals surface area (Å²) in [6.07, 6.45) is 0. The van der Waals surface area contributed by atoms with Crippen molar-refractivity contribution in [1.29, 1.82) is 0 Å². The van der Waals surface area contributed by atoms with E-state index in [1.807, 2.05) is 42.3 Å². The Morgan fingerprint density at radius 1 is 1.11 bits per heavy atom. The fourth-order valence-corrected chi connectivity index (χ4v) is 2.22. The number of nitrogens with zero attached hydrogens (tertiary/aromatic N) is 1. The molecule has 0 amide bonds. The standard InChI is InChI=1S/C14H12BrNO2/c1-16(10-5-3-2-4-6-10)11-7-8-12(14(17)18)13(15)9-11/h2-9H,1H3,(H,17,18). The molecule has 0 spiro atoms. The van der Waals surface area contributed by atoms with Gasteiger partial charge >= 0.3 is 5.97 Å². The molecule has 0 fully saturated rings. The number of benzene rings is 2. The summed E-state index contributed by atoms with van der Waals surface area (Å²) >= 11 is 3.28. The first-order valence-electron chi connectivity index (χ1n) is 5.41.